The summed E-state index contributed by atoms with van der Waals surface area (Å²) in [7, 11) is 1.58. The average molecular weight is 522 g/mol. The van der Waals surface area contributed by atoms with Crippen LogP contribution in [0.3, 0.4) is 0 Å². The second kappa shape index (κ2) is 13.1. The number of thioether (sulfide) groups is 1. The summed E-state index contributed by atoms with van der Waals surface area (Å²) >= 11 is 1.31. The molecule has 0 aliphatic carbocycles. The number of rotatable bonds is 12. The SMILES string of the molecule is C=CCn1c(SCC(=O)Nc2c(C)cccc2CC)nnc1C(NC(=O)c1ccc(OC)cc1)C(C)C. The predicted molar refractivity (Wildman–Crippen MR) is 148 cm³/mol. The molecule has 0 saturated carbocycles. The zero-order valence-electron chi connectivity index (χ0n) is 22.1. The number of aryl methyl sites for hydroxylation is 2. The zero-order valence-corrected chi connectivity index (χ0v) is 22.9. The van der Waals surface area contributed by atoms with E-state index in [-0.39, 0.29) is 29.5 Å². The van der Waals surface area contributed by atoms with Crippen molar-refractivity contribution in [3.8, 4) is 5.75 Å². The number of methoxy groups -OCH3 is 1. The third kappa shape index (κ3) is 7.01. The van der Waals surface area contributed by atoms with Gasteiger partial charge in [0.2, 0.25) is 5.91 Å². The van der Waals surface area contributed by atoms with Gasteiger partial charge in [-0.25, -0.2) is 0 Å². The largest absolute Gasteiger partial charge is 0.497 e. The lowest BCUT2D eigenvalue weighted by atomic mass is 10.0. The molecule has 8 nitrogen and oxygen atoms in total. The number of para-hydroxylation sites is 1. The molecule has 0 spiro atoms. The molecule has 0 radical (unpaired) electrons. The molecule has 0 saturated heterocycles. The second-order valence-electron chi connectivity index (χ2n) is 8.96. The second-order valence-corrected chi connectivity index (χ2v) is 9.91. The lowest BCUT2D eigenvalue weighted by Crippen LogP contribution is -2.33. The van der Waals surface area contributed by atoms with E-state index >= 15 is 0 Å². The number of amides is 2. The normalized spacial score (nSPS) is 11.7. The Morgan fingerprint density at radius 2 is 1.89 bits per heavy atom. The van der Waals surface area contributed by atoms with Crippen LogP contribution in [-0.4, -0.2) is 39.4 Å². The van der Waals surface area contributed by atoms with Crippen LogP contribution in [0.25, 0.3) is 0 Å². The summed E-state index contributed by atoms with van der Waals surface area (Å²) in [6, 6.07) is 12.6. The lowest BCUT2D eigenvalue weighted by molar-refractivity contribution is -0.113. The first kappa shape index (κ1) is 28.0. The summed E-state index contributed by atoms with van der Waals surface area (Å²) in [5, 5.41) is 15.5. The van der Waals surface area contributed by atoms with Crippen LogP contribution in [0.4, 0.5) is 5.69 Å². The Morgan fingerprint density at radius 1 is 1.16 bits per heavy atom. The molecule has 0 aliphatic heterocycles. The number of aromatic nitrogens is 3. The topological polar surface area (TPSA) is 98.1 Å². The van der Waals surface area contributed by atoms with Gasteiger partial charge in [0.25, 0.3) is 5.91 Å². The highest BCUT2D eigenvalue weighted by atomic mass is 32.2. The van der Waals surface area contributed by atoms with Gasteiger partial charge in [0.05, 0.1) is 18.9 Å². The van der Waals surface area contributed by atoms with Gasteiger partial charge in [0.15, 0.2) is 11.0 Å². The molecule has 3 aromatic rings. The van der Waals surface area contributed by atoms with Crippen LogP contribution < -0.4 is 15.4 Å². The number of anilines is 1. The minimum atomic E-state index is -0.385. The molecular formula is C28H35N5O3S. The monoisotopic (exact) mass is 521 g/mol. The average Bonchev–Trinajstić information content (AvgIpc) is 3.29. The summed E-state index contributed by atoms with van der Waals surface area (Å²) in [5.74, 6) is 1.19. The van der Waals surface area contributed by atoms with Crippen LogP contribution in [0.5, 0.6) is 5.75 Å². The van der Waals surface area contributed by atoms with Crippen molar-refractivity contribution in [3.05, 3.63) is 77.6 Å². The van der Waals surface area contributed by atoms with Crippen molar-refractivity contribution in [2.24, 2.45) is 5.92 Å². The van der Waals surface area contributed by atoms with Gasteiger partial charge in [0, 0.05) is 17.8 Å². The Labute approximate surface area is 222 Å². The van der Waals surface area contributed by atoms with Crippen LogP contribution in [0.1, 0.15) is 54.1 Å². The van der Waals surface area contributed by atoms with Crippen LogP contribution in [-0.2, 0) is 17.8 Å². The van der Waals surface area contributed by atoms with Gasteiger partial charge in [-0.2, -0.15) is 0 Å². The number of benzene rings is 2. The van der Waals surface area contributed by atoms with Crippen molar-refractivity contribution >= 4 is 29.3 Å². The van der Waals surface area contributed by atoms with Crippen LogP contribution in [0.15, 0.2) is 60.3 Å². The Kier molecular flexibility index (Phi) is 9.91. The first-order valence-corrected chi connectivity index (χ1v) is 13.3. The van der Waals surface area contributed by atoms with Crippen molar-refractivity contribution in [3.63, 3.8) is 0 Å². The molecule has 1 aromatic heterocycles. The molecule has 0 fully saturated rings. The number of carbonyl (C=O) groups excluding carboxylic acids is 2. The summed E-state index contributed by atoms with van der Waals surface area (Å²) in [6.45, 7) is 12.4. The fourth-order valence-corrected chi connectivity index (χ4v) is 4.70. The van der Waals surface area contributed by atoms with Crippen LogP contribution in [0, 0.1) is 12.8 Å². The first-order chi connectivity index (χ1) is 17.8. The zero-order chi connectivity index (χ0) is 26.9. The maximum Gasteiger partial charge on any atom is 0.251 e. The number of nitrogens with zero attached hydrogens (tertiary/aromatic N) is 3. The smallest absolute Gasteiger partial charge is 0.251 e. The highest BCUT2D eigenvalue weighted by Gasteiger charge is 2.26. The Bertz CT molecular complexity index is 1240. The third-order valence-corrected chi connectivity index (χ3v) is 6.94. The molecule has 3 rings (SSSR count). The van der Waals surface area contributed by atoms with Gasteiger partial charge >= 0.3 is 0 Å². The summed E-state index contributed by atoms with van der Waals surface area (Å²) in [4.78, 5) is 25.8. The Hall–Kier alpha value is -3.59. The number of carbonyl (C=O) groups is 2. The Morgan fingerprint density at radius 3 is 2.51 bits per heavy atom. The van der Waals surface area contributed by atoms with E-state index in [0.717, 1.165) is 23.2 Å². The molecule has 1 heterocycles. The first-order valence-electron chi connectivity index (χ1n) is 12.3. The standard InChI is InChI=1S/C28H35N5O3S/c1-7-16-33-26(24(18(3)4)30-27(35)21-12-14-22(36-6)15-13-21)31-32-28(33)37-17-23(34)29-25-19(5)10-9-11-20(25)8-2/h7,9-15,18,24H,1,8,16-17H2,2-6H3,(H,29,34)(H,30,35). The molecule has 196 valence electrons. The van der Waals surface area contributed by atoms with E-state index in [4.69, 9.17) is 4.74 Å². The fourth-order valence-electron chi connectivity index (χ4n) is 3.94. The molecule has 37 heavy (non-hydrogen) atoms. The molecular weight excluding hydrogens is 486 g/mol. The number of hydrogen-bond donors (Lipinski definition) is 2. The molecule has 9 heteroatoms. The quantitative estimate of drug-likeness (QED) is 0.251. The molecule has 0 aliphatic rings. The number of allylic oxidation sites excluding steroid dienone is 1. The van der Waals surface area contributed by atoms with Crippen molar-refractivity contribution < 1.29 is 14.3 Å². The summed E-state index contributed by atoms with van der Waals surface area (Å²) < 4.78 is 7.08. The highest BCUT2D eigenvalue weighted by Crippen LogP contribution is 2.27. The van der Waals surface area contributed by atoms with Gasteiger partial charge in [-0.15, -0.1) is 16.8 Å². The fraction of sp³-hybridized carbons (Fsp3) is 0.357. The third-order valence-electron chi connectivity index (χ3n) is 5.98. The summed E-state index contributed by atoms with van der Waals surface area (Å²) in [5.41, 5.74) is 3.52. The van der Waals surface area contributed by atoms with Crippen molar-refractivity contribution in [2.45, 2.75) is 51.9 Å². The van der Waals surface area contributed by atoms with E-state index in [1.54, 1.807) is 37.5 Å². The van der Waals surface area contributed by atoms with Gasteiger partial charge in [-0.05, 0) is 54.7 Å². The molecule has 2 amide bonds. The van der Waals surface area contributed by atoms with Crippen molar-refractivity contribution in [1.82, 2.24) is 20.1 Å². The maximum absolute atomic E-state index is 13.0. The Balaban J connectivity index is 1.76. The van der Waals surface area contributed by atoms with E-state index < -0.39 is 0 Å². The van der Waals surface area contributed by atoms with Gasteiger partial charge in [0.1, 0.15) is 5.75 Å². The predicted octanol–water partition coefficient (Wildman–Crippen LogP) is 5.20. The number of ether oxygens (including phenoxy) is 1. The molecule has 1 unspecified atom stereocenters. The molecule has 2 N–H and O–H groups in total. The van der Waals surface area contributed by atoms with Crippen molar-refractivity contribution in [1.29, 1.82) is 0 Å². The molecule has 2 aromatic carbocycles. The number of hydrogen-bond acceptors (Lipinski definition) is 6. The van der Waals surface area contributed by atoms with Gasteiger partial charge in [-0.1, -0.05) is 56.8 Å². The molecule has 0 bridgehead atoms. The van der Waals surface area contributed by atoms with E-state index in [1.165, 1.54) is 11.8 Å². The van der Waals surface area contributed by atoms with Crippen molar-refractivity contribution in [2.75, 3.05) is 18.2 Å². The minimum Gasteiger partial charge on any atom is -0.497 e. The van der Waals surface area contributed by atoms with Crippen LogP contribution in [0.2, 0.25) is 0 Å². The minimum absolute atomic E-state index is 0.0460. The highest BCUT2D eigenvalue weighted by molar-refractivity contribution is 7.99. The maximum atomic E-state index is 13.0. The van der Waals surface area contributed by atoms with E-state index in [2.05, 4.69) is 34.3 Å². The van der Waals surface area contributed by atoms with E-state index in [1.807, 2.05) is 43.5 Å². The molecule has 1 atom stereocenters. The van der Waals surface area contributed by atoms with Gasteiger partial charge in [-0.3, -0.25) is 9.59 Å². The van der Waals surface area contributed by atoms with Gasteiger partial charge < -0.3 is 19.9 Å². The number of nitrogens with one attached hydrogen (secondary N) is 2. The summed E-state index contributed by atoms with van der Waals surface area (Å²) in [6.07, 6.45) is 2.58. The van der Waals surface area contributed by atoms with E-state index in [9.17, 15) is 9.59 Å². The lowest BCUT2D eigenvalue weighted by Gasteiger charge is -2.22. The van der Waals surface area contributed by atoms with Crippen LogP contribution >= 0.6 is 11.8 Å². The van der Waals surface area contributed by atoms with E-state index in [0.29, 0.717) is 28.8 Å².